The third kappa shape index (κ3) is 3.26. The van der Waals surface area contributed by atoms with Gasteiger partial charge in [-0.15, -0.1) is 0 Å². The van der Waals surface area contributed by atoms with Crippen LogP contribution in [0.25, 0.3) is 0 Å². The van der Waals surface area contributed by atoms with Crippen LogP contribution in [0.5, 0.6) is 17.2 Å². The number of nitrogens with one attached hydrogen (secondary N) is 1. The lowest BCUT2D eigenvalue weighted by Gasteiger charge is -2.13. The molecule has 0 atom stereocenters. The summed E-state index contributed by atoms with van der Waals surface area (Å²) < 4.78 is 11.3. The summed E-state index contributed by atoms with van der Waals surface area (Å²) in [5.74, 6) is 2.33. The van der Waals surface area contributed by atoms with Crippen LogP contribution in [-0.4, -0.2) is 14.2 Å². The van der Waals surface area contributed by atoms with E-state index in [1.807, 2.05) is 56.4 Å². The predicted octanol–water partition coefficient (Wildman–Crippen LogP) is 3.52. The Balaban J connectivity index is 2.30. The maximum Gasteiger partial charge on any atom is 0.169 e. The number of methoxy groups -OCH3 is 1. The number of rotatable bonds is 5. The standard InChI is InChI=1S/C16H19NO2/c1-12-8-9-15(16(10-12)18-3)19-14-7-5-4-6-13(14)11-17-2/h4-10,17H,11H2,1-3H3. The van der Waals surface area contributed by atoms with Gasteiger partial charge < -0.3 is 14.8 Å². The minimum absolute atomic E-state index is 0.733. The number of benzene rings is 2. The fourth-order valence-corrected chi connectivity index (χ4v) is 1.92. The lowest BCUT2D eigenvalue weighted by Crippen LogP contribution is -2.06. The Kier molecular flexibility index (Phi) is 4.42. The van der Waals surface area contributed by atoms with Crippen LogP contribution in [0.1, 0.15) is 11.1 Å². The van der Waals surface area contributed by atoms with E-state index in [2.05, 4.69) is 5.32 Å². The quantitative estimate of drug-likeness (QED) is 0.889. The zero-order valence-corrected chi connectivity index (χ0v) is 11.6. The second kappa shape index (κ2) is 6.25. The number of hydrogen-bond donors (Lipinski definition) is 1. The molecule has 100 valence electrons. The Morgan fingerprint density at radius 1 is 1.00 bits per heavy atom. The molecule has 19 heavy (non-hydrogen) atoms. The van der Waals surface area contributed by atoms with Gasteiger partial charge in [-0.05, 0) is 37.7 Å². The maximum atomic E-state index is 5.97. The Morgan fingerprint density at radius 2 is 1.79 bits per heavy atom. The maximum absolute atomic E-state index is 5.97. The van der Waals surface area contributed by atoms with Crippen LogP contribution in [-0.2, 0) is 6.54 Å². The van der Waals surface area contributed by atoms with Crippen molar-refractivity contribution in [2.24, 2.45) is 0 Å². The molecule has 0 bridgehead atoms. The summed E-state index contributed by atoms with van der Waals surface area (Å²) in [7, 11) is 3.57. The third-order valence-electron chi connectivity index (χ3n) is 2.88. The smallest absolute Gasteiger partial charge is 0.169 e. The Labute approximate surface area is 114 Å². The van der Waals surface area contributed by atoms with E-state index in [9.17, 15) is 0 Å². The second-order valence-corrected chi connectivity index (χ2v) is 4.39. The lowest BCUT2D eigenvalue weighted by molar-refractivity contribution is 0.377. The van der Waals surface area contributed by atoms with Gasteiger partial charge >= 0.3 is 0 Å². The average molecular weight is 257 g/mol. The highest BCUT2D eigenvalue weighted by molar-refractivity contribution is 5.46. The summed E-state index contributed by atoms with van der Waals surface area (Å²) in [5, 5.41) is 3.14. The van der Waals surface area contributed by atoms with Crippen molar-refractivity contribution in [1.29, 1.82) is 0 Å². The van der Waals surface area contributed by atoms with Gasteiger partial charge in [-0.2, -0.15) is 0 Å². The van der Waals surface area contributed by atoms with E-state index >= 15 is 0 Å². The molecule has 0 spiro atoms. The topological polar surface area (TPSA) is 30.5 Å². The second-order valence-electron chi connectivity index (χ2n) is 4.39. The highest BCUT2D eigenvalue weighted by Gasteiger charge is 2.08. The first-order valence-electron chi connectivity index (χ1n) is 6.29. The van der Waals surface area contributed by atoms with Crippen molar-refractivity contribution in [3.8, 4) is 17.2 Å². The van der Waals surface area contributed by atoms with Gasteiger partial charge in [0, 0.05) is 12.1 Å². The van der Waals surface area contributed by atoms with Gasteiger partial charge in [-0.25, -0.2) is 0 Å². The fraction of sp³-hybridized carbons (Fsp3) is 0.250. The molecule has 0 radical (unpaired) electrons. The molecule has 0 aliphatic carbocycles. The fourth-order valence-electron chi connectivity index (χ4n) is 1.92. The normalized spacial score (nSPS) is 10.3. The molecule has 0 saturated heterocycles. The molecule has 0 unspecified atom stereocenters. The van der Waals surface area contributed by atoms with Crippen molar-refractivity contribution in [2.45, 2.75) is 13.5 Å². The molecule has 1 N–H and O–H groups in total. The first kappa shape index (κ1) is 13.4. The van der Waals surface area contributed by atoms with Gasteiger partial charge in [0.1, 0.15) is 5.75 Å². The van der Waals surface area contributed by atoms with Crippen molar-refractivity contribution in [1.82, 2.24) is 5.32 Å². The molecule has 0 saturated carbocycles. The summed E-state index contributed by atoms with van der Waals surface area (Å²) in [6.45, 7) is 2.80. The first-order chi connectivity index (χ1) is 9.24. The molecule has 0 aliphatic rings. The number of aryl methyl sites for hydroxylation is 1. The van der Waals surface area contributed by atoms with Crippen LogP contribution < -0.4 is 14.8 Å². The summed E-state index contributed by atoms with van der Waals surface area (Å²) in [6.07, 6.45) is 0. The molecule has 2 aromatic carbocycles. The molecule has 0 fully saturated rings. The zero-order valence-electron chi connectivity index (χ0n) is 11.6. The molecule has 2 aromatic rings. The van der Waals surface area contributed by atoms with E-state index < -0.39 is 0 Å². The van der Waals surface area contributed by atoms with Gasteiger partial charge in [0.2, 0.25) is 0 Å². The van der Waals surface area contributed by atoms with Crippen molar-refractivity contribution >= 4 is 0 Å². The van der Waals surface area contributed by atoms with Crippen LogP contribution in [0.2, 0.25) is 0 Å². The number of ether oxygens (including phenoxy) is 2. The Bertz CT molecular complexity index is 552. The van der Waals surface area contributed by atoms with Gasteiger partial charge in [0.25, 0.3) is 0 Å². The van der Waals surface area contributed by atoms with Crippen molar-refractivity contribution in [2.75, 3.05) is 14.2 Å². The lowest BCUT2D eigenvalue weighted by atomic mass is 10.2. The average Bonchev–Trinajstić information content (AvgIpc) is 2.43. The van der Waals surface area contributed by atoms with Gasteiger partial charge in [0.05, 0.1) is 7.11 Å². The zero-order chi connectivity index (χ0) is 13.7. The van der Waals surface area contributed by atoms with E-state index in [1.54, 1.807) is 7.11 Å². The van der Waals surface area contributed by atoms with Crippen LogP contribution >= 0.6 is 0 Å². The van der Waals surface area contributed by atoms with E-state index in [1.165, 1.54) is 0 Å². The highest BCUT2D eigenvalue weighted by Crippen LogP contribution is 2.33. The van der Waals surface area contributed by atoms with Gasteiger partial charge in [0.15, 0.2) is 11.5 Å². The molecule has 0 aromatic heterocycles. The summed E-state index contributed by atoms with van der Waals surface area (Å²) in [6, 6.07) is 13.9. The molecular weight excluding hydrogens is 238 g/mol. The molecule has 3 heteroatoms. The number of para-hydroxylation sites is 1. The summed E-state index contributed by atoms with van der Waals surface area (Å²) >= 11 is 0. The number of hydrogen-bond acceptors (Lipinski definition) is 3. The Hall–Kier alpha value is -2.00. The molecule has 0 aliphatic heterocycles. The molecule has 3 nitrogen and oxygen atoms in total. The molecule has 2 rings (SSSR count). The summed E-state index contributed by atoms with van der Waals surface area (Å²) in [5.41, 5.74) is 2.26. The molecular formula is C16H19NO2. The summed E-state index contributed by atoms with van der Waals surface area (Å²) in [4.78, 5) is 0. The van der Waals surface area contributed by atoms with Crippen LogP contribution in [0.15, 0.2) is 42.5 Å². The highest BCUT2D eigenvalue weighted by atomic mass is 16.5. The Morgan fingerprint density at radius 3 is 2.53 bits per heavy atom. The van der Waals surface area contributed by atoms with Crippen LogP contribution in [0.4, 0.5) is 0 Å². The van der Waals surface area contributed by atoms with Crippen LogP contribution in [0.3, 0.4) is 0 Å². The van der Waals surface area contributed by atoms with Gasteiger partial charge in [-0.1, -0.05) is 24.3 Å². The van der Waals surface area contributed by atoms with E-state index in [0.29, 0.717) is 0 Å². The SMILES string of the molecule is CNCc1ccccc1Oc1ccc(C)cc1OC. The molecule has 0 heterocycles. The minimum atomic E-state index is 0.733. The monoisotopic (exact) mass is 257 g/mol. The largest absolute Gasteiger partial charge is 0.493 e. The van der Waals surface area contributed by atoms with E-state index in [-0.39, 0.29) is 0 Å². The van der Waals surface area contributed by atoms with Crippen LogP contribution in [0, 0.1) is 6.92 Å². The third-order valence-corrected chi connectivity index (χ3v) is 2.88. The molecule has 0 amide bonds. The predicted molar refractivity (Wildman–Crippen MR) is 77.0 cm³/mol. The van der Waals surface area contributed by atoms with Crippen molar-refractivity contribution < 1.29 is 9.47 Å². The van der Waals surface area contributed by atoms with Crippen molar-refractivity contribution in [3.05, 3.63) is 53.6 Å². The minimum Gasteiger partial charge on any atom is -0.493 e. The van der Waals surface area contributed by atoms with Crippen molar-refractivity contribution in [3.63, 3.8) is 0 Å². The van der Waals surface area contributed by atoms with Gasteiger partial charge in [-0.3, -0.25) is 0 Å². The first-order valence-corrected chi connectivity index (χ1v) is 6.29. The van der Waals surface area contributed by atoms with E-state index in [0.717, 1.165) is 34.9 Å². The van der Waals surface area contributed by atoms with E-state index in [4.69, 9.17) is 9.47 Å².